The highest BCUT2D eigenvalue weighted by Crippen LogP contribution is 2.35. The zero-order chi connectivity index (χ0) is 7.84. The molecule has 0 radical (unpaired) electrons. The van der Waals surface area contributed by atoms with Crippen LogP contribution in [-0.4, -0.2) is 23.8 Å². The van der Waals surface area contributed by atoms with Gasteiger partial charge in [0.1, 0.15) is 6.10 Å². The third-order valence-electron chi connectivity index (χ3n) is 2.40. The van der Waals surface area contributed by atoms with Gasteiger partial charge in [0.15, 0.2) is 0 Å². The summed E-state index contributed by atoms with van der Waals surface area (Å²) in [6, 6.07) is 0. The Morgan fingerprint density at radius 1 is 1.64 bits per heavy atom. The van der Waals surface area contributed by atoms with E-state index in [2.05, 4.69) is 0 Å². The van der Waals surface area contributed by atoms with Crippen LogP contribution in [0.5, 0.6) is 0 Å². The van der Waals surface area contributed by atoms with E-state index in [9.17, 15) is 4.79 Å². The van der Waals surface area contributed by atoms with Crippen LogP contribution in [0.3, 0.4) is 0 Å². The van der Waals surface area contributed by atoms with E-state index in [4.69, 9.17) is 9.84 Å². The van der Waals surface area contributed by atoms with Gasteiger partial charge in [-0.3, -0.25) is 4.79 Å². The molecule has 1 fully saturated rings. The monoisotopic (exact) mass is 154 g/mol. The van der Waals surface area contributed by atoms with Gasteiger partial charge in [0.05, 0.1) is 6.42 Å². The van der Waals surface area contributed by atoms with Gasteiger partial charge < -0.3 is 9.84 Å². The van der Waals surface area contributed by atoms with Gasteiger partial charge in [-0.15, -0.1) is 0 Å². The molecule has 0 aromatic rings. The van der Waals surface area contributed by atoms with E-state index in [1.807, 2.05) is 12.2 Å². The third kappa shape index (κ3) is 0.959. The molecule has 3 heteroatoms. The molecule has 0 bridgehead atoms. The Morgan fingerprint density at radius 3 is 3.18 bits per heavy atom. The Hall–Kier alpha value is -0.830. The zero-order valence-corrected chi connectivity index (χ0v) is 6.06. The summed E-state index contributed by atoms with van der Waals surface area (Å²) in [5.41, 5.74) is 0. The second-order valence-corrected chi connectivity index (χ2v) is 3.05. The summed E-state index contributed by atoms with van der Waals surface area (Å²) in [6.07, 6.45) is 4.21. The Kier molecular flexibility index (Phi) is 1.46. The largest absolute Gasteiger partial charge is 0.458 e. The van der Waals surface area contributed by atoms with Crippen LogP contribution in [0.25, 0.3) is 0 Å². The first-order chi connectivity index (χ1) is 5.31. The first-order valence-corrected chi connectivity index (χ1v) is 3.80. The highest BCUT2D eigenvalue weighted by atomic mass is 16.5. The normalized spacial score (nSPS) is 40.8. The number of carbonyl (C=O) groups is 1. The maximum absolute atomic E-state index is 10.8. The second kappa shape index (κ2) is 2.34. The lowest BCUT2D eigenvalue weighted by Crippen LogP contribution is -2.17. The molecule has 1 aliphatic heterocycles. The third-order valence-corrected chi connectivity index (χ3v) is 2.40. The average molecular weight is 154 g/mol. The summed E-state index contributed by atoms with van der Waals surface area (Å²) in [4.78, 5) is 10.8. The number of rotatable bonds is 1. The standard InChI is InChI=1S/C8H10O3/c9-4-5-1-2-7-6(5)3-8(10)11-7/h1-2,5-7,9H,3-4H2/t5-,6+,7-/m1/s1. The number of hydrogen-bond acceptors (Lipinski definition) is 3. The van der Waals surface area contributed by atoms with E-state index in [-0.39, 0.29) is 30.5 Å². The number of fused-ring (bicyclic) bond motifs is 1. The Morgan fingerprint density at radius 2 is 2.45 bits per heavy atom. The van der Waals surface area contributed by atoms with Crippen LogP contribution in [0, 0.1) is 11.8 Å². The lowest BCUT2D eigenvalue weighted by Gasteiger charge is -2.11. The molecule has 60 valence electrons. The molecule has 1 aliphatic carbocycles. The Bertz CT molecular complexity index is 209. The molecule has 2 rings (SSSR count). The Balaban J connectivity index is 2.13. The smallest absolute Gasteiger partial charge is 0.306 e. The predicted molar refractivity (Wildman–Crippen MR) is 37.7 cm³/mol. The number of aliphatic hydroxyl groups excluding tert-OH is 1. The van der Waals surface area contributed by atoms with Gasteiger partial charge in [0.25, 0.3) is 0 Å². The summed E-state index contributed by atoms with van der Waals surface area (Å²) in [5, 5.41) is 8.88. The van der Waals surface area contributed by atoms with Gasteiger partial charge >= 0.3 is 5.97 Å². The molecule has 1 heterocycles. The fourth-order valence-electron chi connectivity index (χ4n) is 1.76. The minimum absolute atomic E-state index is 0.0559. The van der Waals surface area contributed by atoms with Crippen molar-refractivity contribution in [2.24, 2.45) is 11.8 Å². The van der Waals surface area contributed by atoms with Crippen molar-refractivity contribution in [1.82, 2.24) is 0 Å². The second-order valence-electron chi connectivity index (χ2n) is 3.05. The quantitative estimate of drug-likeness (QED) is 0.430. The van der Waals surface area contributed by atoms with E-state index in [1.165, 1.54) is 0 Å². The van der Waals surface area contributed by atoms with Crippen molar-refractivity contribution >= 4 is 5.97 Å². The van der Waals surface area contributed by atoms with Crippen LogP contribution in [0.1, 0.15) is 6.42 Å². The van der Waals surface area contributed by atoms with Crippen molar-refractivity contribution < 1.29 is 14.6 Å². The topological polar surface area (TPSA) is 46.5 Å². The number of aliphatic hydroxyl groups is 1. The summed E-state index contributed by atoms with van der Waals surface area (Å²) < 4.78 is 4.98. The van der Waals surface area contributed by atoms with E-state index >= 15 is 0 Å². The summed E-state index contributed by atoms with van der Waals surface area (Å²) in [6.45, 7) is 0.119. The maximum atomic E-state index is 10.8. The molecular formula is C8H10O3. The number of hydrogen-bond donors (Lipinski definition) is 1. The van der Waals surface area contributed by atoms with Crippen molar-refractivity contribution in [2.75, 3.05) is 6.61 Å². The molecule has 0 saturated carbocycles. The molecule has 3 atom stereocenters. The number of carbonyl (C=O) groups excluding carboxylic acids is 1. The lowest BCUT2D eigenvalue weighted by atomic mass is 9.93. The van der Waals surface area contributed by atoms with Crippen LogP contribution in [0.2, 0.25) is 0 Å². The molecule has 0 aromatic heterocycles. The summed E-state index contributed by atoms with van der Waals surface area (Å²) in [5.74, 6) is 0.196. The highest BCUT2D eigenvalue weighted by Gasteiger charge is 2.40. The van der Waals surface area contributed by atoms with Gasteiger partial charge in [0.2, 0.25) is 0 Å². The van der Waals surface area contributed by atoms with Crippen molar-refractivity contribution in [2.45, 2.75) is 12.5 Å². The van der Waals surface area contributed by atoms with Crippen LogP contribution in [0.4, 0.5) is 0 Å². The zero-order valence-electron chi connectivity index (χ0n) is 6.06. The van der Waals surface area contributed by atoms with Gasteiger partial charge in [-0.05, 0) is 6.08 Å². The molecule has 2 aliphatic rings. The van der Waals surface area contributed by atoms with Gasteiger partial charge in [-0.25, -0.2) is 0 Å². The Labute approximate surface area is 64.7 Å². The van der Waals surface area contributed by atoms with E-state index in [0.717, 1.165) is 0 Å². The van der Waals surface area contributed by atoms with Crippen LogP contribution in [-0.2, 0) is 9.53 Å². The molecule has 0 aromatic carbocycles. The minimum atomic E-state index is -0.136. The van der Waals surface area contributed by atoms with Crippen molar-refractivity contribution in [3.05, 3.63) is 12.2 Å². The van der Waals surface area contributed by atoms with Gasteiger partial charge in [-0.2, -0.15) is 0 Å². The number of esters is 1. The van der Waals surface area contributed by atoms with Crippen molar-refractivity contribution in [3.8, 4) is 0 Å². The molecule has 0 amide bonds. The summed E-state index contributed by atoms with van der Waals surface area (Å²) >= 11 is 0. The van der Waals surface area contributed by atoms with Crippen LogP contribution < -0.4 is 0 Å². The maximum Gasteiger partial charge on any atom is 0.306 e. The SMILES string of the molecule is O=C1C[C@H]2[C@@H](CO)C=C[C@H]2O1. The lowest BCUT2D eigenvalue weighted by molar-refractivity contribution is -0.140. The molecular weight excluding hydrogens is 144 g/mol. The predicted octanol–water partition coefficient (Wildman–Crippen LogP) is 0.0964. The minimum Gasteiger partial charge on any atom is -0.458 e. The van der Waals surface area contributed by atoms with E-state index < -0.39 is 0 Å². The van der Waals surface area contributed by atoms with Crippen molar-refractivity contribution in [3.63, 3.8) is 0 Å². The fraction of sp³-hybridized carbons (Fsp3) is 0.625. The molecule has 0 unspecified atom stereocenters. The first kappa shape index (κ1) is 6.85. The highest BCUT2D eigenvalue weighted by molar-refractivity contribution is 5.73. The molecule has 11 heavy (non-hydrogen) atoms. The fourth-order valence-corrected chi connectivity index (χ4v) is 1.76. The van der Waals surface area contributed by atoms with E-state index in [1.54, 1.807) is 0 Å². The first-order valence-electron chi connectivity index (χ1n) is 3.80. The molecule has 3 nitrogen and oxygen atoms in total. The average Bonchev–Trinajstić information content (AvgIpc) is 2.45. The van der Waals surface area contributed by atoms with Crippen LogP contribution >= 0.6 is 0 Å². The number of ether oxygens (including phenoxy) is 1. The van der Waals surface area contributed by atoms with Crippen LogP contribution in [0.15, 0.2) is 12.2 Å². The molecule has 1 saturated heterocycles. The molecule has 0 spiro atoms. The molecule has 1 N–H and O–H groups in total. The van der Waals surface area contributed by atoms with Gasteiger partial charge in [-0.1, -0.05) is 6.08 Å². The summed E-state index contributed by atoms with van der Waals surface area (Å²) in [7, 11) is 0. The van der Waals surface area contributed by atoms with Gasteiger partial charge in [0, 0.05) is 18.4 Å². The van der Waals surface area contributed by atoms with E-state index in [0.29, 0.717) is 6.42 Å². The van der Waals surface area contributed by atoms with Crippen molar-refractivity contribution in [1.29, 1.82) is 0 Å².